The van der Waals surface area contributed by atoms with Crippen molar-refractivity contribution in [3.05, 3.63) is 35.6 Å². The Morgan fingerprint density at radius 2 is 1.86 bits per heavy atom. The molecule has 0 aromatic heterocycles. The van der Waals surface area contributed by atoms with Gasteiger partial charge in [-0.1, -0.05) is 18.6 Å². The standard InChI is InChI=1S/C17H23FN2O2/c18-15-6-4-14(5-7-15)13-20-8-2-1-3-16(20)17(21)19-9-11-22-12-10-19/h4-7,16H,1-3,8-13H2. The molecule has 1 aromatic rings. The lowest BCUT2D eigenvalue weighted by molar-refractivity contribution is -0.142. The van der Waals surface area contributed by atoms with Crippen LogP contribution in [0.5, 0.6) is 0 Å². The van der Waals surface area contributed by atoms with Crippen LogP contribution in [0.3, 0.4) is 0 Å². The Bertz CT molecular complexity index is 500. The molecule has 0 saturated carbocycles. The van der Waals surface area contributed by atoms with E-state index in [9.17, 15) is 9.18 Å². The number of piperidine rings is 1. The Kier molecular flexibility index (Phi) is 5.05. The molecule has 2 saturated heterocycles. The van der Waals surface area contributed by atoms with Gasteiger partial charge in [-0.25, -0.2) is 4.39 Å². The van der Waals surface area contributed by atoms with E-state index in [1.165, 1.54) is 12.1 Å². The number of halogens is 1. The summed E-state index contributed by atoms with van der Waals surface area (Å²) >= 11 is 0. The van der Waals surface area contributed by atoms with Crippen LogP contribution in [0.4, 0.5) is 4.39 Å². The Balaban J connectivity index is 1.67. The van der Waals surface area contributed by atoms with Crippen LogP contribution in [0, 0.1) is 5.82 Å². The summed E-state index contributed by atoms with van der Waals surface area (Å²) in [5, 5.41) is 0. The summed E-state index contributed by atoms with van der Waals surface area (Å²) in [6.45, 7) is 4.30. The van der Waals surface area contributed by atoms with E-state index in [1.54, 1.807) is 12.1 Å². The number of nitrogens with zero attached hydrogens (tertiary/aromatic N) is 2. The number of morpholine rings is 1. The fourth-order valence-corrected chi connectivity index (χ4v) is 3.28. The lowest BCUT2D eigenvalue weighted by Crippen LogP contribution is -2.53. The van der Waals surface area contributed by atoms with Crippen LogP contribution < -0.4 is 0 Å². The highest BCUT2D eigenvalue weighted by Crippen LogP contribution is 2.22. The van der Waals surface area contributed by atoms with Crippen molar-refractivity contribution >= 4 is 5.91 Å². The normalized spacial score (nSPS) is 23.5. The minimum atomic E-state index is -0.219. The number of benzene rings is 1. The maximum absolute atomic E-state index is 13.0. The van der Waals surface area contributed by atoms with Crippen LogP contribution >= 0.6 is 0 Å². The van der Waals surface area contributed by atoms with E-state index < -0.39 is 0 Å². The highest BCUT2D eigenvalue weighted by molar-refractivity contribution is 5.82. The molecule has 1 amide bonds. The second kappa shape index (κ2) is 7.20. The topological polar surface area (TPSA) is 32.8 Å². The molecule has 1 atom stereocenters. The summed E-state index contributed by atoms with van der Waals surface area (Å²) in [5.41, 5.74) is 1.06. The van der Waals surface area contributed by atoms with Gasteiger partial charge in [-0.2, -0.15) is 0 Å². The van der Waals surface area contributed by atoms with Crippen molar-refractivity contribution in [1.82, 2.24) is 9.80 Å². The van der Waals surface area contributed by atoms with Crippen molar-refractivity contribution in [3.8, 4) is 0 Å². The molecule has 0 bridgehead atoms. The van der Waals surface area contributed by atoms with Crippen molar-refractivity contribution in [3.63, 3.8) is 0 Å². The van der Waals surface area contributed by atoms with Crippen molar-refractivity contribution in [1.29, 1.82) is 0 Å². The highest BCUT2D eigenvalue weighted by Gasteiger charge is 2.32. The summed E-state index contributed by atoms with van der Waals surface area (Å²) in [7, 11) is 0. The number of carbonyl (C=O) groups excluding carboxylic acids is 1. The van der Waals surface area contributed by atoms with Crippen LogP contribution in [-0.2, 0) is 16.1 Å². The molecule has 2 aliphatic rings. The molecule has 2 fully saturated rings. The van der Waals surface area contributed by atoms with E-state index in [2.05, 4.69) is 4.90 Å². The molecule has 0 N–H and O–H groups in total. The SMILES string of the molecule is O=C(C1CCCCN1Cc1ccc(F)cc1)N1CCOCC1. The van der Waals surface area contributed by atoms with Gasteiger partial charge in [0.15, 0.2) is 0 Å². The fourth-order valence-electron chi connectivity index (χ4n) is 3.28. The Hall–Kier alpha value is -1.46. The van der Waals surface area contributed by atoms with Gasteiger partial charge < -0.3 is 9.64 Å². The zero-order valence-electron chi connectivity index (χ0n) is 12.8. The van der Waals surface area contributed by atoms with Crippen molar-refractivity contribution in [2.45, 2.75) is 31.8 Å². The van der Waals surface area contributed by atoms with Gasteiger partial charge in [0.25, 0.3) is 0 Å². The predicted octanol–water partition coefficient (Wildman–Crippen LogP) is 2.04. The zero-order chi connectivity index (χ0) is 15.4. The first-order valence-corrected chi connectivity index (χ1v) is 8.09. The van der Waals surface area contributed by atoms with Gasteiger partial charge in [0.2, 0.25) is 5.91 Å². The van der Waals surface area contributed by atoms with Crippen LogP contribution in [-0.4, -0.2) is 54.6 Å². The van der Waals surface area contributed by atoms with E-state index in [0.29, 0.717) is 32.8 Å². The Morgan fingerprint density at radius 1 is 1.14 bits per heavy atom. The molecule has 2 heterocycles. The third-order valence-electron chi connectivity index (χ3n) is 4.52. The van der Waals surface area contributed by atoms with Crippen molar-refractivity contribution in [2.24, 2.45) is 0 Å². The average Bonchev–Trinajstić information content (AvgIpc) is 2.58. The molecule has 0 spiro atoms. The van der Waals surface area contributed by atoms with Gasteiger partial charge in [0.1, 0.15) is 5.82 Å². The summed E-state index contributed by atoms with van der Waals surface area (Å²) in [6.07, 6.45) is 3.13. The number of ether oxygens (including phenoxy) is 1. The summed E-state index contributed by atoms with van der Waals surface area (Å²) in [5.74, 6) is 0.00782. The molecule has 0 aliphatic carbocycles. The van der Waals surface area contributed by atoms with Crippen LogP contribution in [0.25, 0.3) is 0 Å². The molecule has 22 heavy (non-hydrogen) atoms. The zero-order valence-corrected chi connectivity index (χ0v) is 12.8. The largest absolute Gasteiger partial charge is 0.378 e. The van der Waals surface area contributed by atoms with E-state index in [4.69, 9.17) is 4.74 Å². The second-order valence-electron chi connectivity index (χ2n) is 6.05. The first kappa shape index (κ1) is 15.4. The van der Waals surface area contributed by atoms with Gasteiger partial charge in [-0.3, -0.25) is 9.69 Å². The summed E-state index contributed by atoms with van der Waals surface area (Å²) in [4.78, 5) is 16.9. The predicted molar refractivity (Wildman–Crippen MR) is 81.8 cm³/mol. The first-order chi connectivity index (χ1) is 10.7. The molecular formula is C17H23FN2O2. The highest BCUT2D eigenvalue weighted by atomic mass is 19.1. The number of rotatable bonds is 3. The quantitative estimate of drug-likeness (QED) is 0.857. The third-order valence-corrected chi connectivity index (χ3v) is 4.52. The smallest absolute Gasteiger partial charge is 0.240 e. The van der Waals surface area contributed by atoms with Crippen molar-refractivity contribution < 1.29 is 13.9 Å². The first-order valence-electron chi connectivity index (χ1n) is 8.09. The molecule has 3 rings (SSSR count). The van der Waals surface area contributed by atoms with Crippen LogP contribution in [0.15, 0.2) is 24.3 Å². The maximum atomic E-state index is 13.0. The van der Waals surface area contributed by atoms with E-state index in [-0.39, 0.29) is 17.8 Å². The summed E-state index contributed by atoms with van der Waals surface area (Å²) in [6, 6.07) is 6.54. The number of hydrogen-bond donors (Lipinski definition) is 0. The van der Waals surface area contributed by atoms with Gasteiger partial charge in [-0.15, -0.1) is 0 Å². The molecule has 5 heteroatoms. The molecule has 120 valence electrons. The Morgan fingerprint density at radius 3 is 2.59 bits per heavy atom. The average molecular weight is 306 g/mol. The number of likely N-dealkylation sites (tertiary alicyclic amines) is 1. The van der Waals surface area contributed by atoms with Gasteiger partial charge in [0.05, 0.1) is 19.3 Å². The number of amides is 1. The van der Waals surface area contributed by atoms with Gasteiger partial charge in [0, 0.05) is 19.6 Å². The number of carbonyl (C=O) groups is 1. The molecule has 1 aromatic carbocycles. The van der Waals surface area contributed by atoms with E-state index in [1.807, 2.05) is 4.90 Å². The molecule has 0 radical (unpaired) electrons. The number of hydrogen-bond acceptors (Lipinski definition) is 3. The minimum absolute atomic E-state index is 0.0445. The van der Waals surface area contributed by atoms with Crippen LogP contribution in [0.1, 0.15) is 24.8 Å². The summed E-state index contributed by atoms with van der Waals surface area (Å²) < 4.78 is 18.4. The monoisotopic (exact) mass is 306 g/mol. The maximum Gasteiger partial charge on any atom is 0.240 e. The van der Waals surface area contributed by atoms with Crippen LogP contribution in [0.2, 0.25) is 0 Å². The molecule has 2 aliphatic heterocycles. The Labute approximate surface area is 130 Å². The van der Waals surface area contributed by atoms with Crippen molar-refractivity contribution in [2.75, 3.05) is 32.8 Å². The lowest BCUT2D eigenvalue weighted by Gasteiger charge is -2.38. The fraction of sp³-hybridized carbons (Fsp3) is 0.588. The second-order valence-corrected chi connectivity index (χ2v) is 6.05. The minimum Gasteiger partial charge on any atom is -0.378 e. The van der Waals surface area contributed by atoms with Gasteiger partial charge in [-0.05, 0) is 37.1 Å². The third kappa shape index (κ3) is 3.65. The lowest BCUT2D eigenvalue weighted by atomic mass is 9.99. The van der Waals surface area contributed by atoms with E-state index in [0.717, 1.165) is 31.4 Å². The molecule has 1 unspecified atom stereocenters. The molecule has 4 nitrogen and oxygen atoms in total. The molecular weight excluding hydrogens is 283 g/mol. The van der Waals surface area contributed by atoms with Gasteiger partial charge >= 0.3 is 0 Å². The van der Waals surface area contributed by atoms with E-state index >= 15 is 0 Å².